The van der Waals surface area contributed by atoms with Gasteiger partial charge in [0, 0.05) is 26.0 Å². The zero-order valence-corrected chi connectivity index (χ0v) is 20.4. The number of benzene rings is 2. The summed E-state index contributed by atoms with van der Waals surface area (Å²) in [7, 11) is 0. The maximum Gasteiger partial charge on any atom is 0.414 e. The van der Waals surface area contributed by atoms with Crippen LogP contribution in [-0.2, 0) is 35.2 Å². The molecule has 196 valence electrons. The number of esters is 1. The Bertz CT molecular complexity index is 1200. The van der Waals surface area contributed by atoms with E-state index in [0.29, 0.717) is 16.8 Å². The summed E-state index contributed by atoms with van der Waals surface area (Å²) in [5.41, 5.74) is 7.03. The zero-order valence-electron chi connectivity index (χ0n) is 20.4. The van der Waals surface area contributed by atoms with Gasteiger partial charge in [0.1, 0.15) is 11.9 Å². The first-order valence-electron chi connectivity index (χ1n) is 11.3. The van der Waals surface area contributed by atoms with Gasteiger partial charge in [-0.1, -0.05) is 24.3 Å². The highest BCUT2D eigenvalue weighted by molar-refractivity contribution is 5.90. The third kappa shape index (κ3) is 7.50. The Balaban J connectivity index is 1.69. The Labute approximate surface area is 212 Å². The topological polar surface area (TPSA) is 148 Å². The molecular weight excluding hydrogens is 487 g/mol. The predicted octanol–water partition coefficient (Wildman–Crippen LogP) is 1.33. The number of carbonyl (C=O) groups excluding carboxylic acids is 5. The second kappa shape index (κ2) is 12.0. The van der Waals surface area contributed by atoms with Crippen molar-refractivity contribution in [2.75, 3.05) is 31.1 Å². The number of ether oxygens (including phenoxy) is 2. The van der Waals surface area contributed by atoms with Crippen molar-refractivity contribution in [1.82, 2.24) is 10.2 Å². The number of halogens is 1. The van der Waals surface area contributed by atoms with Crippen LogP contribution < -0.4 is 16.0 Å². The number of cyclic esters (lactones) is 1. The SMILES string of the molecule is CC(=O)NC[C@H]1CN(c2ccc(-c3ccc(CN(CC(N)=O)C(=O)COC(C)=O)cc3)c(F)c2)C(=O)O1. The van der Waals surface area contributed by atoms with Crippen molar-refractivity contribution >= 4 is 35.5 Å². The molecule has 2 aromatic rings. The molecule has 0 bridgehead atoms. The molecule has 1 aliphatic rings. The quantitative estimate of drug-likeness (QED) is 0.455. The highest BCUT2D eigenvalue weighted by Gasteiger charge is 2.32. The van der Waals surface area contributed by atoms with Crippen molar-refractivity contribution in [1.29, 1.82) is 0 Å². The lowest BCUT2D eigenvalue weighted by molar-refractivity contribution is -0.151. The molecule has 2 aromatic carbocycles. The highest BCUT2D eigenvalue weighted by Crippen LogP contribution is 2.29. The third-order valence-electron chi connectivity index (χ3n) is 5.45. The van der Waals surface area contributed by atoms with Gasteiger partial charge >= 0.3 is 12.1 Å². The first-order chi connectivity index (χ1) is 17.5. The molecule has 0 spiro atoms. The Hall–Kier alpha value is -4.48. The van der Waals surface area contributed by atoms with Gasteiger partial charge in [-0.3, -0.25) is 24.1 Å². The monoisotopic (exact) mass is 514 g/mol. The van der Waals surface area contributed by atoms with Gasteiger partial charge in [0.05, 0.1) is 25.3 Å². The minimum absolute atomic E-state index is 0.0292. The molecule has 0 saturated carbocycles. The molecular formula is C25H27FN4O7. The minimum atomic E-state index is -0.724. The molecule has 1 heterocycles. The maximum absolute atomic E-state index is 15.0. The fourth-order valence-electron chi connectivity index (χ4n) is 3.69. The molecule has 1 atom stereocenters. The standard InChI is InChI=1S/C25H27FN4O7/c1-15(31)28-10-20-12-30(25(35)37-20)19-7-8-21(22(26)9-19)18-5-3-17(4-6-18)11-29(13-23(27)33)24(34)14-36-16(2)32/h3-9,20H,10-14H2,1-2H3,(H2,27,33)(H,28,31)/t20-/m0/s1. The summed E-state index contributed by atoms with van der Waals surface area (Å²) in [4.78, 5) is 60.4. The Morgan fingerprint density at radius 1 is 1.16 bits per heavy atom. The van der Waals surface area contributed by atoms with Crippen LogP contribution >= 0.6 is 0 Å². The Kier molecular flexibility index (Phi) is 8.77. The summed E-state index contributed by atoms with van der Waals surface area (Å²) in [6.07, 6.45) is -1.17. The number of amides is 4. The average molecular weight is 515 g/mol. The Morgan fingerprint density at radius 2 is 1.86 bits per heavy atom. The van der Waals surface area contributed by atoms with E-state index in [2.05, 4.69) is 5.32 Å². The van der Waals surface area contributed by atoms with E-state index >= 15 is 0 Å². The lowest BCUT2D eigenvalue weighted by Crippen LogP contribution is -2.40. The van der Waals surface area contributed by atoms with E-state index < -0.39 is 42.4 Å². The van der Waals surface area contributed by atoms with Crippen LogP contribution in [0.15, 0.2) is 42.5 Å². The first kappa shape index (κ1) is 27.1. The molecule has 3 N–H and O–H groups in total. The van der Waals surface area contributed by atoms with E-state index in [1.54, 1.807) is 30.3 Å². The number of primary amides is 1. The predicted molar refractivity (Wildman–Crippen MR) is 129 cm³/mol. The van der Waals surface area contributed by atoms with Crippen LogP contribution in [0.4, 0.5) is 14.9 Å². The molecule has 1 saturated heterocycles. The summed E-state index contributed by atoms with van der Waals surface area (Å²) in [5, 5.41) is 2.58. The summed E-state index contributed by atoms with van der Waals surface area (Å²) < 4.78 is 24.9. The van der Waals surface area contributed by atoms with E-state index in [-0.39, 0.29) is 37.6 Å². The van der Waals surface area contributed by atoms with Gasteiger partial charge in [-0.05, 0) is 29.3 Å². The van der Waals surface area contributed by atoms with Crippen LogP contribution in [0.5, 0.6) is 0 Å². The molecule has 4 amide bonds. The van der Waals surface area contributed by atoms with Crippen LogP contribution in [0, 0.1) is 5.82 Å². The van der Waals surface area contributed by atoms with E-state index in [4.69, 9.17) is 15.2 Å². The van der Waals surface area contributed by atoms with Gasteiger partial charge in [-0.25, -0.2) is 9.18 Å². The van der Waals surface area contributed by atoms with E-state index in [0.717, 1.165) is 11.8 Å². The number of rotatable bonds is 10. The highest BCUT2D eigenvalue weighted by atomic mass is 19.1. The van der Waals surface area contributed by atoms with Crippen molar-refractivity contribution in [2.24, 2.45) is 5.73 Å². The van der Waals surface area contributed by atoms with Crippen molar-refractivity contribution in [3.63, 3.8) is 0 Å². The first-order valence-corrected chi connectivity index (χ1v) is 11.3. The largest absolute Gasteiger partial charge is 0.456 e. The van der Waals surface area contributed by atoms with Crippen LogP contribution in [0.1, 0.15) is 19.4 Å². The van der Waals surface area contributed by atoms with Gasteiger partial charge in [0.25, 0.3) is 5.91 Å². The fraction of sp³-hybridized carbons (Fsp3) is 0.320. The fourth-order valence-corrected chi connectivity index (χ4v) is 3.69. The number of hydrogen-bond acceptors (Lipinski definition) is 7. The third-order valence-corrected chi connectivity index (χ3v) is 5.45. The van der Waals surface area contributed by atoms with Crippen molar-refractivity contribution in [3.8, 4) is 11.1 Å². The smallest absolute Gasteiger partial charge is 0.414 e. The van der Waals surface area contributed by atoms with Crippen molar-refractivity contribution in [3.05, 3.63) is 53.8 Å². The van der Waals surface area contributed by atoms with Crippen LogP contribution in [0.3, 0.4) is 0 Å². The number of nitrogens with two attached hydrogens (primary N) is 1. The van der Waals surface area contributed by atoms with E-state index in [1.807, 2.05) is 0 Å². The number of anilines is 1. The normalized spacial score (nSPS) is 14.6. The summed E-state index contributed by atoms with van der Waals surface area (Å²) in [6, 6.07) is 11.0. The van der Waals surface area contributed by atoms with Gasteiger partial charge < -0.3 is 25.4 Å². The molecule has 0 aliphatic carbocycles. The van der Waals surface area contributed by atoms with Crippen LogP contribution in [0.2, 0.25) is 0 Å². The molecule has 0 aromatic heterocycles. The van der Waals surface area contributed by atoms with Crippen molar-refractivity contribution in [2.45, 2.75) is 26.5 Å². The lowest BCUT2D eigenvalue weighted by Gasteiger charge is -2.21. The molecule has 1 fully saturated rings. The van der Waals surface area contributed by atoms with Crippen molar-refractivity contribution < 1.29 is 37.8 Å². The van der Waals surface area contributed by atoms with Gasteiger partial charge in [-0.2, -0.15) is 0 Å². The Morgan fingerprint density at radius 3 is 2.46 bits per heavy atom. The molecule has 0 radical (unpaired) electrons. The lowest BCUT2D eigenvalue weighted by atomic mass is 10.0. The van der Waals surface area contributed by atoms with Crippen LogP contribution in [0.25, 0.3) is 11.1 Å². The number of carbonyl (C=O) groups is 5. The summed E-state index contributed by atoms with van der Waals surface area (Å²) >= 11 is 0. The number of nitrogens with zero attached hydrogens (tertiary/aromatic N) is 2. The molecule has 3 rings (SSSR count). The molecule has 37 heavy (non-hydrogen) atoms. The minimum Gasteiger partial charge on any atom is -0.456 e. The number of nitrogens with one attached hydrogen (secondary N) is 1. The summed E-state index contributed by atoms with van der Waals surface area (Å²) in [6.45, 7) is 2.01. The molecule has 12 heteroatoms. The van der Waals surface area contributed by atoms with Gasteiger partial charge in [0.15, 0.2) is 6.61 Å². The molecule has 1 aliphatic heterocycles. The average Bonchev–Trinajstić information content (AvgIpc) is 3.21. The van der Waals surface area contributed by atoms with Gasteiger partial charge in [0.2, 0.25) is 11.8 Å². The second-order valence-corrected chi connectivity index (χ2v) is 8.41. The zero-order chi connectivity index (χ0) is 27.1. The summed E-state index contributed by atoms with van der Waals surface area (Å²) in [5.74, 6) is -2.74. The van der Waals surface area contributed by atoms with Crippen LogP contribution in [-0.4, -0.2) is 67.0 Å². The van der Waals surface area contributed by atoms with E-state index in [1.165, 1.54) is 24.0 Å². The molecule has 0 unspecified atom stereocenters. The van der Waals surface area contributed by atoms with E-state index in [9.17, 15) is 28.4 Å². The second-order valence-electron chi connectivity index (χ2n) is 8.41. The van der Waals surface area contributed by atoms with Gasteiger partial charge in [-0.15, -0.1) is 0 Å². The number of hydrogen-bond donors (Lipinski definition) is 2. The maximum atomic E-state index is 15.0. The molecule has 11 nitrogen and oxygen atoms in total.